The number of aromatic nitrogens is 2. The van der Waals surface area contributed by atoms with E-state index in [9.17, 15) is 4.79 Å². The molecule has 0 spiro atoms. The molecule has 2 aliphatic rings. The fraction of sp³-hybridized carbons (Fsp3) is 0.444. The zero-order chi connectivity index (χ0) is 17.2. The van der Waals surface area contributed by atoms with Gasteiger partial charge in [-0.25, -0.2) is 4.98 Å². The normalized spacial score (nSPS) is 17.9. The quantitative estimate of drug-likeness (QED) is 0.853. The number of amides is 1. The molecule has 1 saturated heterocycles. The largest absolute Gasteiger partial charge is 0.355 e. The fourth-order valence-electron chi connectivity index (χ4n) is 3.13. The Balaban J connectivity index is 1.43. The number of anilines is 1. The molecule has 0 unspecified atom stereocenters. The molecular weight excluding hydrogens is 318 g/mol. The highest BCUT2D eigenvalue weighted by molar-refractivity contribution is 5.91. The van der Waals surface area contributed by atoms with E-state index in [4.69, 9.17) is 9.78 Å². The van der Waals surface area contributed by atoms with Crippen LogP contribution in [0.25, 0.3) is 0 Å². The van der Waals surface area contributed by atoms with Gasteiger partial charge in [0.25, 0.3) is 5.91 Å². The number of nitrogens with zero attached hydrogens (tertiary/aromatic N) is 5. The molecule has 1 aliphatic carbocycles. The molecule has 1 aliphatic heterocycles. The number of carbonyl (C=O) groups is 1. The lowest BCUT2D eigenvalue weighted by Crippen LogP contribution is -2.35. The van der Waals surface area contributed by atoms with Gasteiger partial charge in [-0.3, -0.25) is 4.79 Å². The minimum absolute atomic E-state index is 0.0972. The van der Waals surface area contributed by atoms with Gasteiger partial charge in [0.15, 0.2) is 0 Å². The molecule has 7 heteroatoms. The van der Waals surface area contributed by atoms with E-state index in [2.05, 4.69) is 21.1 Å². The van der Waals surface area contributed by atoms with Crippen LogP contribution in [0.5, 0.6) is 0 Å². The molecule has 1 amide bonds. The van der Waals surface area contributed by atoms with Crippen LogP contribution in [0.15, 0.2) is 28.8 Å². The third-order valence-corrected chi connectivity index (χ3v) is 4.69. The minimum atomic E-state index is -0.0972. The number of hydrogen-bond acceptors (Lipinski definition) is 6. The van der Waals surface area contributed by atoms with Crippen molar-refractivity contribution >= 4 is 11.7 Å². The fourth-order valence-corrected chi connectivity index (χ4v) is 3.13. The highest BCUT2D eigenvalue weighted by atomic mass is 16.5. The second-order valence-electron chi connectivity index (χ2n) is 6.52. The first-order valence-electron chi connectivity index (χ1n) is 8.62. The van der Waals surface area contributed by atoms with Gasteiger partial charge in [-0.15, -0.1) is 0 Å². The maximum Gasteiger partial charge on any atom is 0.292 e. The molecule has 0 N–H and O–H groups in total. The second kappa shape index (κ2) is 6.55. The van der Waals surface area contributed by atoms with Crippen molar-refractivity contribution in [2.24, 2.45) is 0 Å². The Morgan fingerprint density at radius 2 is 2.12 bits per heavy atom. The number of nitriles is 1. The summed E-state index contributed by atoms with van der Waals surface area (Å²) in [7, 11) is 0. The molecule has 0 atom stereocenters. The first kappa shape index (κ1) is 15.6. The Labute approximate surface area is 145 Å². The minimum Gasteiger partial charge on any atom is -0.355 e. The molecule has 0 radical (unpaired) electrons. The van der Waals surface area contributed by atoms with Crippen molar-refractivity contribution in [3.8, 4) is 6.07 Å². The highest BCUT2D eigenvalue weighted by Gasteiger charge is 2.30. The molecule has 2 aromatic rings. The van der Waals surface area contributed by atoms with Crippen molar-refractivity contribution in [1.29, 1.82) is 5.26 Å². The topological polar surface area (TPSA) is 86.3 Å². The molecule has 25 heavy (non-hydrogen) atoms. The number of pyridine rings is 1. The number of carbonyl (C=O) groups excluding carboxylic acids is 1. The molecule has 2 fully saturated rings. The zero-order valence-electron chi connectivity index (χ0n) is 13.9. The maximum absolute atomic E-state index is 12.7. The Kier molecular flexibility index (Phi) is 4.10. The molecule has 3 heterocycles. The van der Waals surface area contributed by atoms with Gasteiger partial charge in [0.1, 0.15) is 17.6 Å². The predicted molar refractivity (Wildman–Crippen MR) is 90.2 cm³/mol. The van der Waals surface area contributed by atoms with Crippen molar-refractivity contribution in [2.75, 3.05) is 31.1 Å². The van der Waals surface area contributed by atoms with E-state index >= 15 is 0 Å². The number of hydrogen-bond donors (Lipinski definition) is 0. The third kappa shape index (κ3) is 3.33. The summed E-state index contributed by atoms with van der Waals surface area (Å²) in [6.07, 6.45) is 3.11. The lowest BCUT2D eigenvalue weighted by atomic mass is 10.2. The molecular formula is C18H19N5O2. The third-order valence-electron chi connectivity index (χ3n) is 4.69. The number of rotatable bonds is 3. The standard InChI is InChI=1S/C18H19N5O2/c19-12-14-3-1-4-17(20-14)22-7-2-8-23(10-9-22)18(24)16-11-15(21-25-16)13-5-6-13/h1,3-4,11,13H,2,5-10H2. The van der Waals surface area contributed by atoms with Crippen molar-refractivity contribution in [3.05, 3.63) is 41.4 Å². The van der Waals surface area contributed by atoms with Crippen LogP contribution in [0.1, 0.15) is 47.1 Å². The molecule has 4 rings (SSSR count). The van der Waals surface area contributed by atoms with E-state index in [1.165, 1.54) is 0 Å². The first-order chi connectivity index (χ1) is 12.2. The van der Waals surface area contributed by atoms with Gasteiger partial charge < -0.3 is 14.3 Å². The molecule has 7 nitrogen and oxygen atoms in total. The predicted octanol–water partition coefficient (Wildman–Crippen LogP) is 2.17. The average Bonchev–Trinajstić information content (AvgIpc) is 3.43. The maximum atomic E-state index is 12.7. The summed E-state index contributed by atoms with van der Waals surface area (Å²) in [5.74, 6) is 1.49. The van der Waals surface area contributed by atoms with Crippen LogP contribution < -0.4 is 4.90 Å². The Morgan fingerprint density at radius 3 is 2.92 bits per heavy atom. The van der Waals surface area contributed by atoms with E-state index in [1.807, 2.05) is 17.0 Å². The lowest BCUT2D eigenvalue weighted by molar-refractivity contribution is 0.0725. The van der Waals surface area contributed by atoms with Crippen LogP contribution >= 0.6 is 0 Å². The van der Waals surface area contributed by atoms with Crippen molar-refractivity contribution in [3.63, 3.8) is 0 Å². The molecule has 1 saturated carbocycles. The second-order valence-corrected chi connectivity index (χ2v) is 6.52. The van der Waals surface area contributed by atoms with Crippen LogP contribution in [-0.4, -0.2) is 47.1 Å². The van der Waals surface area contributed by atoms with Crippen molar-refractivity contribution in [1.82, 2.24) is 15.0 Å². The molecule has 128 valence electrons. The van der Waals surface area contributed by atoms with Crippen LogP contribution in [0, 0.1) is 11.3 Å². The molecule has 2 aromatic heterocycles. The van der Waals surface area contributed by atoms with Gasteiger partial charge in [-0.1, -0.05) is 11.2 Å². The van der Waals surface area contributed by atoms with E-state index in [1.54, 1.807) is 12.1 Å². The summed E-state index contributed by atoms with van der Waals surface area (Å²) in [6.45, 7) is 2.75. The van der Waals surface area contributed by atoms with Gasteiger partial charge in [-0.2, -0.15) is 5.26 Å². The van der Waals surface area contributed by atoms with Crippen LogP contribution in [0.4, 0.5) is 5.82 Å². The van der Waals surface area contributed by atoms with Gasteiger partial charge in [0.05, 0.1) is 5.69 Å². The first-order valence-corrected chi connectivity index (χ1v) is 8.62. The summed E-state index contributed by atoms with van der Waals surface area (Å²) in [6, 6.07) is 9.29. The van der Waals surface area contributed by atoms with Crippen LogP contribution in [-0.2, 0) is 0 Å². The Hall–Kier alpha value is -2.88. The molecule has 0 bridgehead atoms. The summed E-state index contributed by atoms with van der Waals surface area (Å²) in [5.41, 5.74) is 1.31. The van der Waals surface area contributed by atoms with Gasteiger partial charge >= 0.3 is 0 Å². The van der Waals surface area contributed by atoms with Gasteiger partial charge in [0, 0.05) is 38.2 Å². The average molecular weight is 337 g/mol. The van der Waals surface area contributed by atoms with E-state index in [0.29, 0.717) is 37.0 Å². The highest BCUT2D eigenvalue weighted by Crippen LogP contribution is 2.39. The van der Waals surface area contributed by atoms with Crippen molar-refractivity contribution in [2.45, 2.75) is 25.2 Å². The summed E-state index contributed by atoms with van der Waals surface area (Å²) in [4.78, 5) is 20.9. The Bertz CT molecular complexity index is 821. The van der Waals surface area contributed by atoms with Crippen LogP contribution in [0.2, 0.25) is 0 Å². The van der Waals surface area contributed by atoms with E-state index in [0.717, 1.165) is 37.3 Å². The summed E-state index contributed by atoms with van der Waals surface area (Å²) in [5, 5.41) is 13.0. The van der Waals surface area contributed by atoms with Crippen molar-refractivity contribution < 1.29 is 9.32 Å². The molecule has 0 aromatic carbocycles. The summed E-state index contributed by atoms with van der Waals surface area (Å²) >= 11 is 0. The van der Waals surface area contributed by atoms with Gasteiger partial charge in [0.2, 0.25) is 5.76 Å². The summed E-state index contributed by atoms with van der Waals surface area (Å²) < 4.78 is 5.26. The van der Waals surface area contributed by atoms with E-state index in [-0.39, 0.29) is 5.91 Å². The zero-order valence-corrected chi connectivity index (χ0v) is 13.9. The Morgan fingerprint density at radius 1 is 1.24 bits per heavy atom. The van der Waals surface area contributed by atoms with Crippen LogP contribution in [0.3, 0.4) is 0 Å². The SMILES string of the molecule is N#Cc1cccc(N2CCCN(C(=O)c3cc(C4CC4)no3)CC2)n1. The monoisotopic (exact) mass is 337 g/mol. The lowest BCUT2D eigenvalue weighted by Gasteiger charge is -2.22. The van der Waals surface area contributed by atoms with E-state index < -0.39 is 0 Å². The smallest absolute Gasteiger partial charge is 0.292 e. The van der Waals surface area contributed by atoms with Gasteiger partial charge in [-0.05, 0) is 31.4 Å².